The zero-order chi connectivity index (χ0) is 16.8. The van der Waals surface area contributed by atoms with E-state index in [9.17, 15) is 9.90 Å². The Bertz CT molecular complexity index is 496. The highest BCUT2D eigenvalue weighted by Crippen LogP contribution is 2.22. The van der Waals surface area contributed by atoms with Gasteiger partial charge in [-0.25, -0.2) is 4.79 Å². The van der Waals surface area contributed by atoms with E-state index in [-0.39, 0.29) is 17.6 Å². The van der Waals surface area contributed by atoms with Gasteiger partial charge < -0.3 is 15.7 Å². The van der Waals surface area contributed by atoms with Crippen molar-refractivity contribution in [1.29, 1.82) is 0 Å². The Hall–Kier alpha value is -1.55. The number of urea groups is 1. The second kappa shape index (κ2) is 8.18. The third-order valence-electron chi connectivity index (χ3n) is 3.79. The van der Waals surface area contributed by atoms with Gasteiger partial charge in [0.25, 0.3) is 0 Å². The Morgan fingerprint density at radius 3 is 2.50 bits per heavy atom. The molecule has 0 aliphatic carbocycles. The van der Waals surface area contributed by atoms with Crippen LogP contribution < -0.4 is 10.6 Å². The van der Waals surface area contributed by atoms with Crippen molar-refractivity contribution in [3.63, 3.8) is 0 Å². The summed E-state index contributed by atoms with van der Waals surface area (Å²) in [6.07, 6.45) is 2.11. The maximum atomic E-state index is 12.1. The van der Waals surface area contributed by atoms with Crippen LogP contribution in [0.25, 0.3) is 0 Å². The topological polar surface area (TPSA) is 61.4 Å². The average Bonchev–Trinajstić information content (AvgIpc) is 2.44. The second-order valence-electron chi connectivity index (χ2n) is 6.72. The Labute approximate surface area is 134 Å². The molecule has 0 aliphatic heterocycles. The first-order valence-corrected chi connectivity index (χ1v) is 8.12. The van der Waals surface area contributed by atoms with Gasteiger partial charge in [-0.3, -0.25) is 0 Å². The minimum absolute atomic E-state index is 0.135. The first-order valence-electron chi connectivity index (χ1n) is 8.12. The lowest BCUT2D eigenvalue weighted by Gasteiger charge is -2.26. The molecule has 0 radical (unpaired) electrons. The summed E-state index contributed by atoms with van der Waals surface area (Å²) in [6, 6.07) is 6.03. The number of anilines is 1. The number of nitrogens with one attached hydrogen (secondary N) is 2. The normalized spacial score (nSPS) is 12.8. The molecule has 3 N–H and O–H groups in total. The van der Waals surface area contributed by atoms with Crippen molar-refractivity contribution in [1.82, 2.24) is 5.32 Å². The molecular formula is C18H30N2O2. The van der Waals surface area contributed by atoms with Crippen LogP contribution in [0.15, 0.2) is 18.2 Å². The van der Waals surface area contributed by atoms with Crippen LogP contribution in [0.2, 0.25) is 0 Å². The van der Waals surface area contributed by atoms with Crippen molar-refractivity contribution >= 4 is 11.7 Å². The number of aliphatic hydroxyl groups excluding tert-OH is 1. The van der Waals surface area contributed by atoms with Gasteiger partial charge in [-0.15, -0.1) is 0 Å². The zero-order valence-corrected chi connectivity index (χ0v) is 14.5. The van der Waals surface area contributed by atoms with Gasteiger partial charge in [0.15, 0.2) is 0 Å². The number of aliphatic hydroxyl groups is 1. The number of hydrogen-bond donors (Lipinski definition) is 3. The molecule has 0 saturated heterocycles. The minimum atomic E-state index is -0.368. The number of amides is 2. The predicted molar refractivity (Wildman–Crippen MR) is 92.3 cm³/mol. The Balaban J connectivity index is 2.65. The molecule has 1 atom stereocenters. The Kier molecular flexibility index (Phi) is 6.88. The number of aryl methyl sites for hydroxylation is 2. The van der Waals surface area contributed by atoms with E-state index in [1.54, 1.807) is 6.92 Å². The summed E-state index contributed by atoms with van der Waals surface area (Å²) in [5.74, 6) is 0. The summed E-state index contributed by atoms with van der Waals surface area (Å²) < 4.78 is 0. The maximum Gasteiger partial charge on any atom is 0.319 e. The van der Waals surface area contributed by atoms with Crippen LogP contribution in [-0.2, 0) is 12.8 Å². The van der Waals surface area contributed by atoms with Gasteiger partial charge in [0.05, 0.1) is 6.10 Å². The van der Waals surface area contributed by atoms with Crippen LogP contribution in [0.1, 0.15) is 52.2 Å². The third kappa shape index (κ3) is 6.06. The van der Waals surface area contributed by atoms with E-state index in [0.29, 0.717) is 13.0 Å². The summed E-state index contributed by atoms with van der Waals surface area (Å²) >= 11 is 0. The monoisotopic (exact) mass is 306 g/mol. The zero-order valence-electron chi connectivity index (χ0n) is 14.5. The van der Waals surface area contributed by atoms with Gasteiger partial charge in [-0.2, -0.15) is 0 Å². The molecule has 22 heavy (non-hydrogen) atoms. The molecule has 4 nitrogen and oxygen atoms in total. The first-order chi connectivity index (χ1) is 10.3. The summed E-state index contributed by atoms with van der Waals surface area (Å²) in [5, 5.41) is 15.3. The summed E-state index contributed by atoms with van der Waals surface area (Å²) in [7, 11) is 0. The van der Waals surface area contributed by atoms with Crippen LogP contribution >= 0.6 is 0 Å². The SMILES string of the molecule is CCc1ccc(CC)c(NC(=O)NCC(C)(C)CC(C)O)c1. The standard InChI is InChI=1S/C18H30N2O2/c1-6-14-8-9-15(7-2)16(10-14)20-17(22)19-12-18(4,5)11-13(3)21/h8-10,13,21H,6-7,11-12H2,1-5H3,(H2,19,20,22). The molecule has 1 unspecified atom stereocenters. The molecule has 0 aromatic heterocycles. The number of carbonyl (C=O) groups excluding carboxylic acids is 1. The molecule has 0 bridgehead atoms. The number of carbonyl (C=O) groups is 1. The molecule has 0 heterocycles. The van der Waals surface area contributed by atoms with Gasteiger partial charge in [-0.1, -0.05) is 39.8 Å². The van der Waals surface area contributed by atoms with E-state index in [2.05, 4.69) is 36.6 Å². The molecule has 1 rings (SSSR count). The van der Waals surface area contributed by atoms with Crippen molar-refractivity contribution < 1.29 is 9.90 Å². The van der Waals surface area contributed by atoms with E-state index in [1.807, 2.05) is 19.9 Å². The largest absolute Gasteiger partial charge is 0.393 e. The quantitative estimate of drug-likeness (QED) is 0.719. The lowest BCUT2D eigenvalue weighted by molar-refractivity contribution is 0.129. The average molecular weight is 306 g/mol. The maximum absolute atomic E-state index is 12.1. The highest BCUT2D eigenvalue weighted by molar-refractivity contribution is 5.90. The van der Waals surface area contributed by atoms with Crippen LogP contribution in [0.3, 0.4) is 0 Å². The molecule has 0 spiro atoms. The van der Waals surface area contributed by atoms with Crippen LogP contribution in [0.4, 0.5) is 10.5 Å². The van der Waals surface area contributed by atoms with E-state index >= 15 is 0 Å². The van der Waals surface area contributed by atoms with Gasteiger partial charge in [0.1, 0.15) is 0 Å². The minimum Gasteiger partial charge on any atom is -0.393 e. The smallest absolute Gasteiger partial charge is 0.319 e. The third-order valence-corrected chi connectivity index (χ3v) is 3.79. The van der Waals surface area contributed by atoms with Crippen molar-refractivity contribution in [3.8, 4) is 0 Å². The summed E-state index contributed by atoms with van der Waals surface area (Å²) in [4.78, 5) is 12.1. The lowest BCUT2D eigenvalue weighted by atomic mass is 9.87. The highest BCUT2D eigenvalue weighted by Gasteiger charge is 2.21. The van der Waals surface area contributed by atoms with Crippen molar-refractivity contribution in [3.05, 3.63) is 29.3 Å². The van der Waals surface area contributed by atoms with Crippen molar-refractivity contribution in [2.45, 2.75) is 60.0 Å². The highest BCUT2D eigenvalue weighted by atomic mass is 16.3. The molecule has 1 aromatic carbocycles. The molecule has 0 fully saturated rings. The molecule has 0 saturated carbocycles. The molecule has 4 heteroatoms. The van der Waals surface area contributed by atoms with Gasteiger partial charge in [0.2, 0.25) is 0 Å². The molecular weight excluding hydrogens is 276 g/mol. The van der Waals surface area contributed by atoms with Gasteiger partial charge >= 0.3 is 6.03 Å². The molecule has 0 aliphatic rings. The van der Waals surface area contributed by atoms with Crippen LogP contribution in [0, 0.1) is 5.41 Å². The first kappa shape index (κ1) is 18.5. The number of benzene rings is 1. The van der Waals surface area contributed by atoms with E-state index in [0.717, 1.165) is 24.1 Å². The lowest BCUT2D eigenvalue weighted by Crippen LogP contribution is -2.38. The predicted octanol–water partition coefficient (Wildman–Crippen LogP) is 3.73. The van der Waals surface area contributed by atoms with Crippen LogP contribution in [-0.4, -0.2) is 23.8 Å². The van der Waals surface area contributed by atoms with Gasteiger partial charge in [-0.05, 0) is 48.8 Å². The molecule has 124 valence electrons. The molecule has 2 amide bonds. The second-order valence-corrected chi connectivity index (χ2v) is 6.72. The number of rotatable bonds is 7. The van der Waals surface area contributed by atoms with E-state index in [4.69, 9.17) is 0 Å². The fourth-order valence-corrected chi connectivity index (χ4v) is 2.63. The molecule has 1 aromatic rings. The fourth-order valence-electron chi connectivity index (χ4n) is 2.63. The van der Waals surface area contributed by atoms with Crippen LogP contribution in [0.5, 0.6) is 0 Å². The van der Waals surface area contributed by atoms with Gasteiger partial charge in [0, 0.05) is 12.2 Å². The summed E-state index contributed by atoms with van der Waals surface area (Å²) in [6.45, 7) is 10.5. The van der Waals surface area contributed by atoms with Crippen molar-refractivity contribution in [2.24, 2.45) is 5.41 Å². The Morgan fingerprint density at radius 2 is 1.95 bits per heavy atom. The van der Waals surface area contributed by atoms with Crippen molar-refractivity contribution in [2.75, 3.05) is 11.9 Å². The summed E-state index contributed by atoms with van der Waals surface area (Å²) in [5.41, 5.74) is 3.09. The van der Waals surface area contributed by atoms with E-state index in [1.165, 1.54) is 5.56 Å². The number of hydrogen-bond acceptors (Lipinski definition) is 2. The fraction of sp³-hybridized carbons (Fsp3) is 0.611. The van der Waals surface area contributed by atoms with E-state index < -0.39 is 0 Å². The Morgan fingerprint density at radius 1 is 1.27 bits per heavy atom.